The molecule has 80 valence electrons. The molecule has 1 aromatic carbocycles. The molecular weight excluding hydrogens is 270 g/mol. The van der Waals surface area contributed by atoms with Crippen LogP contribution in [0.25, 0.3) is 0 Å². The number of Topliss-reactive ketones (excluding diaryl/α,β-unsaturated/α-hetero) is 2. The van der Waals surface area contributed by atoms with E-state index >= 15 is 0 Å². The molecule has 0 heterocycles. The Bertz CT molecular complexity index is 391. The van der Waals surface area contributed by atoms with E-state index < -0.39 is 24.4 Å². The van der Waals surface area contributed by atoms with Crippen LogP contribution in [0, 0.1) is 0 Å². The molecule has 15 heavy (non-hydrogen) atoms. The van der Waals surface area contributed by atoms with E-state index in [2.05, 4.69) is 15.9 Å². The molecule has 0 unspecified atom stereocenters. The summed E-state index contributed by atoms with van der Waals surface area (Å²) in [6.45, 7) is 0. The molecule has 0 radical (unpaired) electrons. The van der Waals surface area contributed by atoms with Gasteiger partial charge in [-0.2, -0.15) is 0 Å². The highest BCUT2D eigenvalue weighted by Gasteiger charge is 2.20. The zero-order chi connectivity index (χ0) is 11.4. The van der Waals surface area contributed by atoms with Gasteiger partial charge < -0.3 is 0 Å². The Morgan fingerprint density at radius 2 is 1.87 bits per heavy atom. The number of ketones is 2. The third-order valence-corrected chi connectivity index (χ3v) is 2.44. The predicted molar refractivity (Wildman–Crippen MR) is 54.1 cm³/mol. The first-order valence-electron chi connectivity index (χ1n) is 4.11. The van der Waals surface area contributed by atoms with Crippen LogP contribution in [0.2, 0.25) is 0 Å². The molecule has 5 heteroatoms. The molecule has 0 saturated carbocycles. The maximum Gasteiger partial charge on any atom is 0.296 e. The Morgan fingerprint density at radius 3 is 2.40 bits per heavy atom. The van der Waals surface area contributed by atoms with Gasteiger partial charge in [0, 0.05) is 10.0 Å². The van der Waals surface area contributed by atoms with Crippen LogP contribution in [-0.2, 0) is 4.79 Å². The number of rotatable bonds is 4. The van der Waals surface area contributed by atoms with E-state index in [0.717, 1.165) is 0 Å². The Morgan fingerprint density at radius 1 is 1.27 bits per heavy atom. The lowest BCUT2D eigenvalue weighted by atomic mass is 10.1. The summed E-state index contributed by atoms with van der Waals surface area (Å²) < 4.78 is 24.3. The summed E-state index contributed by atoms with van der Waals surface area (Å²) >= 11 is 3.10. The van der Waals surface area contributed by atoms with Crippen molar-refractivity contribution in [2.24, 2.45) is 0 Å². The molecular formula is C10H7BrF2O2. The van der Waals surface area contributed by atoms with Crippen molar-refractivity contribution in [2.45, 2.75) is 12.8 Å². The summed E-state index contributed by atoms with van der Waals surface area (Å²) in [6, 6.07) is 6.38. The van der Waals surface area contributed by atoms with Gasteiger partial charge in [-0.1, -0.05) is 34.1 Å². The van der Waals surface area contributed by atoms with E-state index in [4.69, 9.17) is 0 Å². The first-order chi connectivity index (χ1) is 7.02. The highest BCUT2D eigenvalue weighted by Crippen LogP contribution is 2.18. The van der Waals surface area contributed by atoms with Crippen molar-refractivity contribution >= 4 is 27.5 Å². The van der Waals surface area contributed by atoms with Gasteiger partial charge in [-0.05, 0) is 6.07 Å². The maximum atomic E-state index is 11.9. The molecule has 0 spiro atoms. The van der Waals surface area contributed by atoms with Crippen molar-refractivity contribution in [1.29, 1.82) is 0 Å². The van der Waals surface area contributed by atoms with Crippen molar-refractivity contribution in [3.05, 3.63) is 34.3 Å². The monoisotopic (exact) mass is 276 g/mol. The largest absolute Gasteiger partial charge is 0.296 e. The third-order valence-electron chi connectivity index (χ3n) is 1.75. The highest BCUT2D eigenvalue weighted by molar-refractivity contribution is 9.10. The second kappa shape index (κ2) is 5.11. The third kappa shape index (κ3) is 3.20. The predicted octanol–water partition coefficient (Wildman–Crippen LogP) is 2.86. The fourth-order valence-electron chi connectivity index (χ4n) is 1.02. The minimum atomic E-state index is -3.09. The minimum Gasteiger partial charge on any atom is -0.294 e. The second-order valence-corrected chi connectivity index (χ2v) is 3.70. The number of carbonyl (C=O) groups excluding carboxylic acids is 2. The second-order valence-electron chi connectivity index (χ2n) is 2.85. The molecule has 0 atom stereocenters. The SMILES string of the molecule is O=C(CC(=O)C(F)F)c1ccccc1Br. The number of hydrogen-bond acceptors (Lipinski definition) is 2. The number of hydrogen-bond donors (Lipinski definition) is 0. The number of alkyl halides is 2. The number of carbonyl (C=O) groups is 2. The minimum absolute atomic E-state index is 0.242. The zero-order valence-corrected chi connectivity index (χ0v) is 9.13. The molecule has 0 aromatic heterocycles. The van der Waals surface area contributed by atoms with E-state index in [9.17, 15) is 18.4 Å². The summed E-state index contributed by atoms with van der Waals surface area (Å²) in [5.74, 6) is -1.96. The van der Waals surface area contributed by atoms with Crippen LogP contribution in [0.5, 0.6) is 0 Å². The van der Waals surface area contributed by atoms with Gasteiger partial charge in [0.2, 0.25) is 5.78 Å². The molecule has 1 rings (SSSR count). The molecule has 0 bridgehead atoms. The fraction of sp³-hybridized carbons (Fsp3) is 0.200. The fourth-order valence-corrected chi connectivity index (χ4v) is 1.52. The van der Waals surface area contributed by atoms with Crippen LogP contribution in [0.15, 0.2) is 28.7 Å². The van der Waals surface area contributed by atoms with Gasteiger partial charge >= 0.3 is 0 Å². The molecule has 0 aliphatic carbocycles. The Hall–Kier alpha value is -1.10. The number of halogens is 3. The molecule has 1 aromatic rings. The van der Waals surface area contributed by atoms with Gasteiger partial charge in [-0.15, -0.1) is 0 Å². The van der Waals surface area contributed by atoms with E-state index in [1.54, 1.807) is 18.2 Å². The first-order valence-corrected chi connectivity index (χ1v) is 4.90. The smallest absolute Gasteiger partial charge is 0.294 e. The normalized spacial score (nSPS) is 10.4. The van der Waals surface area contributed by atoms with Crippen LogP contribution in [0.1, 0.15) is 16.8 Å². The van der Waals surface area contributed by atoms with Crippen molar-refractivity contribution in [2.75, 3.05) is 0 Å². The zero-order valence-electron chi connectivity index (χ0n) is 7.54. The van der Waals surface area contributed by atoms with Crippen molar-refractivity contribution in [3.63, 3.8) is 0 Å². The lowest BCUT2D eigenvalue weighted by molar-refractivity contribution is -0.128. The Labute approximate surface area is 93.4 Å². The van der Waals surface area contributed by atoms with Gasteiger partial charge in [-0.25, -0.2) is 8.78 Å². The maximum absolute atomic E-state index is 11.9. The lowest BCUT2D eigenvalue weighted by Gasteiger charge is -2.02. The molecule has 0 fully saturated rings. The highest BCUT2D eigenvalue weighted by atomic mass is 79.9. The van der Waals surface area contributed by atoms with Crippen molar-refractivity contribution in [1.82, 2.24) is 0 Å². The molecule has 0 saturated heterocycles. The van der Waals surface area contributed by atoms with Crippen molar-refractivity contribution < 1.29 is 18.4 Å². The standard InChI is InChI=1S/C10H7BrF2O2/c11-7-4-2-1-3-6(7)8(14)5-9(15)10(12)13/h1-4,10H,5H2. The van der Waals surface area contributed by atoms with Crippen LogP contribution in [0.4, 0.5) is 8.78 Å². The van der Waals surface area contributed by atoms with Crippen molar-refractivity contribution in [3.8, 4) is 0 Å². The summed E-state index contributed by atoms with van der Waals surface area (Å²) in [7, 11) is 0. The van der Waals surface area contributed by atoms with Gasteiger partial charge in [0.25, 0.3) is 6.43 Å². The van der Waals surface area contributed by atoms with E-state index in [-0.39, 0.29) is 5.56 Å². The van der Waals surface area contributed by atoms with Gasteiger partial charge in [-0.3, -0.25) is 9.59 Å². The molecule has 2 nitrogen and oxygen atoms in total. The topological polar surface area (TPSA) is 34.1 Å². The van der Waals surface area contributed by atoms with Gasteiger partial charge in [0.05, 0.1) is 6.42 Å². The summed E-state index contributed by atoms with van der Waals surface area (Å²) in [6.07, 6.45) is -3.85. The molecule has 0 N–H and O–H groups in total. The van der Waals surface area contributed by atoms with Crippen LogP contribution >= 0.6 is 15.9 Å². The molecule has 0 aliphatic heterocycles. The average molecular weight is 277 g/mol. The van der Waals surface area contributed by atoms with Crippen LogP contribution in [-0.4, -0.2) is 18.0 Å². The molecule has 0 aliphatic rings. The summed E-state index contributed by atoms with van der Waals surface area (Å²) in [5.41, 5.74) is 0.242. The summed E-state index contributed by atoms with van der Waals surface area (Å²) in [5, 5.41) is 0. The quantitative estimate of drug-likeness (QED) is 0.626. The van der Waals surface area contributed by atoms with Gasteiger partial charge in [0.1, 0.15) is 0 Å². The first kappa shape index (κ1) is 12.0. The molecule has 0 amide bonds. The number of benzene rings is 1. The Kier molecular flexibility index (Phi) is 4.08. The Balaban J connectivity index is 2.79. The van der Waals surface area contributed by atoms with Crippen LogP contribution < -0.4 is 0 Å². The van der Waals surface area contributed by atoms with Gasteiger partial charge in [0.15, 0.2) is 5.78 Å². The summed E-state index contributed by atoms with van der Waals surface area (Å²) in [4.78, 5) is 22.0. The van der Waals surface area contributed by atoms with E-state index in [1.165, 1.54) is 6.07 Å². The van der Waals surface area contributed by atoms with Crippen LogP contribution in [0.3, 0.4) is 0 Å². The average Bonchev–Trinajstić information content (AvgIpc) is 2.18. The van der Waals surface area contributed by atoms with E-state index in [0.29, 0.717) is 4.47 Å². The lowest BCUT2D eigenvalue weighted by Crippen LogP contribution is -2.15. The van der Waals surface area contributed by atoms with E-state index in [1.807, 2.05) is 0 Å².